The van der Waals surface area contributed by atoms with Crippen LogP contribution in [0.2, 0.25) is 0 Å². The summed E-state index contributed by atoms with van der Waals surface area (Å²) in [6.07, 6.45) is 6.01. The molecule has 0 aromatic carbocycles. The summed E-state index contributed by atoms with van der Waals surface area (Å²) < 4.78 is 20.6. The van der Waals surface area contributed by atoms with E-state index in [2.05, 4.69) is 0 Å². The van der Waals surface area contributed by atoms with E-state index in [1.807, 2.05) is 12.2 Å². The third-order valence-corrected chi connectivity index (χ3v) is 3.07. The topological polar surface area (TPSA) is 31.2 Å². The molecule has 0 saturated carbocycles. The first-order chi connectivity index (χ1) is 8.07. The Kier molecular flexibility index (Phi) is 2.88. The highest BCUT2D eigenvalue weighted by Gasteiger charge is 2.25. The van der Waals surface area contributed by atoms with Crippen LogP contribution in [0.15, 0.2) is 12.2 Å². The molecule has 17 heavy (non-hydrogen) atoms. The van der Waals surface area contributed by atoms with Crippen LogP contribution in [0.1, 0.15) is 23.4 Å². The van der Waals surface area contributed by atoms with E-state index in [0.717, 1.165) is 0 Å². The van der Waals surface area contributed by atoms with Crippen molar-refractivity contribution in [1.82, 2.24) is 4.57 Å². The molecule has 0 N–H and O–H groups in total. The molecule has 0 bridgehead atoms. The Labute approximate surface area is 99.2 Å². The number of rotatable bonds is 1. The molecule has 90 valence electrons. The molecule has 1 aliphatic rings. The van der Waals surface area contributed by atoms with Crippen molar-refractivity contribution in [1.29, 1.82) is 0 Å². The first-order valence-corrected chi connectivity index (χ1v) is 5.38. The fourth-order valence-electron chi connectivity index (χ4n) is 2.00. The lowest BCUT2D eigenvalue weighted by Gasteiger charge is -2.04. The Balaban J connectivity index is 2.70. The predicted molar refractivity (Wildman–Crippen MR) is 63.8 cm³/mol. The zero-order valence-electron chi connectivity index (χ0n) is 10.1. The second-order valence-corrected chi connectivity index (χ2v) is 3.97. The predicted octanol–water partition coefficient (Wildman–Crippen LogP) is 2.45. The zero-order chi connectivity index (χ0) is 12.6. The average molecular weight is 235 g/mol. The molecule has 0 atom stereocenters. The number of hydrogen-bond donors (Lipinski definition) is 0. The lowest BCUT2D eigenvalue weighted by molar-refractivity contribution is -0.133. The van der Waals surface area contributed by atoms with Gasteiger partial charge in [0.15, 0.2) is 5.82 Å². The minimum Gasteiger partial charge on any atom is -0.465 e. The molecule has 1 aliphatic carbocycles. The molecule has 3 nitrogen and oxygen atoms in total. The molecule has 0 radical (unpaired) electrons. The van der Waals surface area contributed by atoms with Crippen molar-refractivity contribution in [3.05, 3.63) is 34.9 Å². The first kappa shape index (κ1) is 11.6. The van der Waals surface area contributed by atoms with Crippen LogP contribution in [0, 0.1) is 12.7 Å². The molecule has 1 aromatic heterocycles. The second-order valence-electron chi connectivity index (χ2n) is 3.97. The molecule has 1 aromatic rings. The number of hydrogen-bond acceptors (Lipinski definition) is 2. The van der Waals surface area contributed by atoms with Gasteiger partial charge in [0.1, 0.15) is 0 Å². The van der Waals surface area contributed by atoms with Crippen LogP contribution >= 0.6 is 0 Å². The van der Waals surface area contributed by atoms with Crippen molar-refractivity contribution in [3.8, 4) is 0 Å². The number of esters is 1. The van der Waals surface area contributed by atoms with E-state index in [1.165, 1.54) is 7.11 Å². The number of methoxy groups -OCH3 is 1. The van der Waals surface area contributed by atoms with E-state index in [9.17, 15) is 9.18 Å². The van der Waals surface area contributed by atoms with Gasteiger partial charge in [-0.05, 0) is 19.4 Å². The SMILES string of the molecule is COC(=O)C1=CCC=Cc2c1c(F)c(C)n2C. The van der Waals surface area contributed by atoms with Crippen molar-refractivity contribution in [2.45, 2.75) is 13.3 Å². The average Bonchev–Trinajstić information content (AvgIpc) is 2.54. The monoisotopic (exact) mass is 235 g/mol. The summed E-state index contributed by atoms with van der Waals surface area (Å²) in [5.41, 5.74) is 1.85. The third-order valence-electron chi connectivity index (χ3n) is 3.07. The van der Waals surface area contributed by atoms with Gasteiger partial charge in [-0.2, -0.15) is 0 Å². The van der Waals surface area contributed by atoms with E-state index in [0.29, 0.717) is 28.9 Å². The van der Waals surface area contributed by atoms with Gasteiger partial charge >= 0.3 is 5.97 Å². The van der Waals surface area contributed by atoms with E-state index in [-0.39, 0.29) is 5.82 Å². The molecule has 0 amide bonds. The first-order valence-electron chi connectivity index (χ1n) is 5.38. The highest BCUT2D eigenvalue weighted by atomic mass is 19.1. The van der Waals surface area contributed by atoms with E-state index >= 15 is 0 Å². The van der Waals surface area contributed by atoms with Crippen LogP contribution in [0.3, 0.4) is 0 Å². The van der Waals surface area contributed by atoms with Crippen molar-refractivity contribution in [2.75, 3.05) is 7.11 Å². The third kappa shape index (κ3) is 1.69. The van der Waals surface area contributed by atoms with Crippen molar-refractivity contribution < 1.29 is 13.9 Å². The Morgan fingerprint density at radius 2 is 2.24 bits per heavy atom. The summed E-state index contributed by atoms with van der Waals surface area (Å²) in [7, 11) is 3.08. The minimum atomic E-state index is -0.501. The van der Waals surface area contributed by atoms with Crippen molar-refractivity contribution in [3.63, 3.8) is 0 Å². The Hall–Kier alpha value is -1.84. The van der Waals surface area contributed by atoms with Gasteiger partial charge in [0.25, 0.3) is 0 Å². The molecule has 0 unspecified atom stereocenters. The van der Waals surface area contributed by atoms with E-state index in [4.69, 9.17) is 4.74 Å². The molecular weight excluding hydrogens is 221 g/mol. The summed E-state index contributed by atoms with van der Waals surface area (Å²) >= 11 is 0. The van der Waals surface area contributed by atoms with Crippen LogP contribution in [-0.2, 0) is 16.6 Å². The van der Waals surface area contributed by atoms with Crippen LogP contribution < -0.4 is 0 Å². The number of carbonyl (C=O) groups is 1. The quantitative estimate of drug-likeness (QED) is 0.700. The Morgan fingerprint density at radius 1 is 1.53 bits per heavy atom. The number of nitrogens with zero attached hydrogens (tertiary/aromatic N) is 1. The van der Waals surface area contributed by atoms with Gasteiger partial charge in [0.05, 0.1) is 24.1 Å². The molecule has 2 rings (SSSR count). The van der Waals surface area contributed by atoms with Gasteiger partial charge in [-0.3, -0.25) is 0 Å². The summed E-state index contributed by atoms with van der Waals surface area (Å²) in [6, 6.07) is 0. The molecule has 0 aliphatic heterocycles. The van der Waals surface area contributed by atoms with Gasteiger partial charge in [-0.1, -0.05) is 12.2 Å². The summed E-state index contributed by atoms with van der Waals surface area (Å²) in [5.74, 6) is -0.856. The maximum Gasteiger partial charge on any atom is 0.338 e. The van der Waals surface area contributed by atoms with Crippen molar-refractivity contribution >= 4 is 17.6 Å². The summed E-state index contributed by atoms with van der Waals surface area (Å²) in [6.45, 7) is 1.69. The van der Waals surface area contributed by atoms with Gasteiger partial charge in [-0.25, -0.2) is 9.18 Å². The van der Waals surface area contributed by atoms with Crippen LogP contribution in [0.4, 0.5) is 4.39 Å². The number of carbonyl (C=O) groups excluding carboxylic acids is 1. The molecule has 0 saturated heterocycles. The summed E-state index contributed by atoms with van der Waals surface area (Å²) in [4.78, 5) is 11.7. The number of allylic oxidation sites excluding steroid dienone is 2. The second kappa shape index (κ2) is 4.20. The van der Waals surface area contributed by atoms with Gasteiger partial charge < -0.3 is 9.30 Å². The largest absolute Gasteiger partial charge is 0.465 e. The molecular formula is C13H14FNO2. The maximum atomic E-state index is 14.1. The highest BCUT2D eigenvalue weighted by Crippen LogP contribution is 2.31. The van der Waals surface area contributed by atoms with E-state index < -0.39 is 5.97 Å². The van der Waals surface area contributed by atoms with E-state index in [1.54, 1.807) is 24.6 Å². The lowest BCUT2D eigenvalue weighted by atomic mass is 10.1. The standard InChI is InChI=1S/C13H14FNO2/c1-8-12(14)11-9(13(16)17-3)6-4-5-7-10(11)15(8)2/h5-7H,4H2,1-3H3. The maximum absolute atomic E-state index is 14.1. The highest BCUT2D eigenvalue weighted by molar-refractivity contribution is 6.17. The number of aromatic nitrogens is 1. The van der Waals surface area contributed by atoms with Crippen LogP contribution in [0.5, 0.6) is 0 Å². The van der Waals surface area contributed by atoms with Crippen molar-refractivity contribution in [2.24, 2.45) is 7.05 Å². The van der Waals surface area contributed by atoms with Gasteiger partial charge in [0.2, 0.25) is 0 Å². The molecule has 0 fully saturated rings. The minimum absolute atomic E-state index is 0.300. The smallest absolute Gasteiger partial charge is 0.338 e. The number of ether oxygens (including phenoxy) is 1. The fraction of sp³-hybridized carbons (Fsp3) is 0.308. The lowest BCUT2D eigenvalue weighted by Crippen LogP contribution is -2.05. The zero-order valence-corrected chi connectivity index (χ0v) is 10.1. The normalized spacial score (nSPS) is 14.0. The number of halogens is 1. The van der Waals surface area contributed by atoms with Gasteiger partial charge in [-0.15, -0.1) is 0 Å². The molecule has 1 heterocycles. The fourth-order valence-corrected chi connectivity index (χ4v) is 2.00. The Morgan fingerprint density at radius 3 is 2.88 bits per heavy atom. The van der Waals surface area contributed by atoms with Gasteiger partial charge in [0, 0.05) is 12.6 Å². The number of fused-ring (bicyclic) bond motifs is 1. The molecule has 0 spiro atoms. The van der Waals surface area contributed by atoms with Crippen LogP contribution in [-0.4, -0.2) is 17.6 Å². The van der Waals surface area contributed by atoms with Crippen LogP contribution in [0.25, 0.3) is 11.6 Å². The summed E-state index contributed by atoms with van der Waals surface area (Å²) in [5, 5.41) is 0. The molecule has 4 heteroatoms. The Bertz CT molecular complexity index is 538.